The number of hydrogen-bond acceptors (Lipinski definition) is 7. The van der Waals surface area contributed by atoms with Gasteiger partial charge in [0.15, 0.2) is 0 Å². The zero-order valence-electron chi connectivity index (χ0n) is 19.1. The Balaban J connectivity index is 1.71. The Morgan fingerprint density at radius 3 is 2.82 bits per heavy atom. The Kier molecular flexibility index (Phi) is 7.07. The van der Waals surface area contributed by atoms with Crippen LogP contribution in [-0.4, -0.2) is 65.3 Å². The van der Waals surface area contributed by atoms with Gasteiger partial charge in [-0.2, -0.15) is 0 Å². The Morgan fingerprint density at radius 1 is 1.24 bits per heavy atom. The molecule has 2 heterocycles. The van der Waals surface area contributed by atoms with Gasteiger partial charge < -0.3 is 30.7 Å². The number of carbonyl (C=O) groups is 2. The van der Waals surface area contributed by atoms with Gasteiger partial charge in [-0.3, -0.25) is 4.79 Å². The van der Waals surface area contributed by atoms with E-state index >= 15 is 0 Å². The van der Waals surface area contributed by atoms with Gasteiger partial charge in [0.25, 0.3) is 0 Å². The number of amides is 2. The number of carbonyl (C=O) groups excluding carboxylic acids is 1. The fourth-order valence-electron chi connectivity index (χ4n) is 4.43. The number of benzene rings is 2. The molecule has 1 aliphatic heterocycles. The van der Waals surface area contributed by atoms with Crippen molar-refractivity contribution in [3.63, 3.8) is 0 Å². The van der Waals surface area contributed by atoms with E-state index in [0.717, 1.165) is 16.6 Å². The molecule has 1 aromatic heterocycles. The number of nitrogens with zero attached hydrogens (tertiary/aromatic N) is 3. The van der Waals surface area contributed by atoms with Crippen LogP contribution >= 0.6 is 0 Å². The maximum Gasteiger partial charge on any atom is 0.407 e. The summed E-state index contributed by atoms with van der Waals surface area (Å²) in [6.45, 7) is 1.17. The van der Waals surface area contributed by atoms with E-state index in [0.29, 0.717) is 36.6 Å². The molecule has 0 spiro atoms. The molecule has 34 heavy (non-hydrogen) atoms. The number of hydrogen-bond donors (Lipinski definition) is 4. The molecule has 4 rings (SSSR count). The van der Waals surface area contributed by atoms with Crippen molar-refractivity contribution in [2.75, 3.05) is 32.6 Å². The molecule has 1 saturated heterocycles. The van der Waals surface area contributed by atoms with E-state index in [1.165, 1.54) is 11.2 Å². The molecule has 0 aliphatic carbocycles. The first-order chi connectivity index (χ1) is 16.5. The van der Waals surface area contributed by atoms with Gasteiger partial charge in [-0.05, 0) is 36.7 Å². The van der Waals surface area contributed by atoms with Crippen LogP contribution in [0.15, 0.2) is 48.8 Å². The Hall–Kier alpha value is -3.92. The van der Waals surface area contributed by atoms with Crippen LogP contribution in [0.2, 0.25) is 0 Å². The van der Waals surface area contributed by atoms with Gasteiger partial charge in [0.2, 0.25) is 5.91 Å². The van der Waals surface area contributed by atoms with Crippen LogP contribution in [0.5, 0.6) is 5.75 Å². The predicted octanol–water partition coefficient (Wildman–Crippen LogP) is 2.59. The lowest BCUT2D eigenvalue weighted by atomic mass is 9.90. The summed E-state index contributed by atoms with van der Waals surface area (Å²) in [5, 5.41) is 20.0. The van der Waals surface area contributed by atoms with Crippen molar-refractivity contribution in [3.8, 4) is 5.75 Å². The Bertz CT molecular complexity index is 1180. The number of methoxy groups -OCH3 is 1. The molecule has 3 aromatic rings. The molecule has 0 bridgehead atoms. The molecule has 178 valence electrons. The molecule has 0 saturated carbocycles. The van der Waals surface area contributed by atoms with E-state index in [4.69, 9.17) is 4.74 Å². The third kappa shape index (κ3) is 4.86. The van der Waals surface area contributed by atoms with Gasteiger partial charge in [-0.1, -0.05) is 18.2 Å². The predicted molar refractivity (Wildman–Crippen MR) is 128 cm³/mol. The summed E-state index contributed by atoms with van der Waals surface area (Å²) in [5.41, 5.74) is 2.22. The third-order valence-electron chi connectivity index (χ3n) is 6.10. The lowest BCUT2D eigenvalue weighted by Gasteiger charge is -2.38. The van der Waals surface area contributed by atoms with Gasteiger partial charge in [0, 0.05) is 36.8 Å². The molecule has 10 nitrogen and oxygen atoms in total. The second-order valence-electron chi connectivity index (χ2n) is 8.08. The largest absolute Gasteiger partial charge is 0.497 e. The fourth-order valence-corrected chi connectivity index (χ4v) is 4.43. The number of ether oxygens (including phenoxy) is 1. The van der Waals surface area contributed by atoms with E-state index in [1.54, 1.807) is 14.2 Å². The summed E-state index contributed by atoms with van der Waals surface area (Å²) in [7, 11) is 3.17. The van der Waals surface area contributed by atoms with Gasteiger partial charge in [-0.25, -0.2) is 14.8 Å². The highest BCUT2D eigenvalue weighted by Gasteiger charge is 2.37. The summed E-state index contributed by atoms with van der Waals surface area (Å²) < 4.78 is 5.31. The van der Waals surface area contributed by atoms with E-state index in [9.17, 15) is 14.7 Å². The zero-order valence-corrected chi connectivity index (χ0v) is 19.1. The second-order valence-corrected chi connectivity index (χ2v) is 8.08. The van der Waals surface area contributed by atoms with Crippen LogP contribution in [0.3, 0.4) is 0 Å². The number of fused-ring (bicyclic) bond motifs is 1. The second kappa shape index (κ2) is 10.3. The van der Waals surface area contributed by atoms with Crippen molar-refractivity contribution in [3.05, 3.63) is 54.4 Å². The lowest BCUT2D eigenvalue weighted by Crippen LogP contribution is -2.55. The molecular formula is C24H28N6O4. The van der Waals surface area contributed by atoms with Crippen molar-refractivity contribution in [1.82, 2.24) is 25.5 Å². The molecule has 4 N–H and O–H groups in total. The first-order valence-corrected chi connectivity index (χ1v) is 11.1. The van der Waals surface area contributed by atoms with E-state index in [-0.39, 0.29) is 12.5 Å². The molecule has 2 amide bonds. The highest BCUT2D eigenvalue weighted by molar-refractivity contribution is 5.93. The molecule has 2 atom stereocenters. The van der Waals surface area contributed by atoms with Crippen LogP contribution in [0.25, 0.3) is 10.9 Å². The van der Waals surface area contributed by atoms with Gasteiger partial charge in [-0.15, -0.1) is 0 Å². The summed E-state index contributed by atoms with van der Waals surface area (Å²) in [6.07, 6.45) is 0.940. The van der Waals surface area contributed by atoms with E-state index in [1.807, 2.05) is 42.5 Å². The Morgan fingerprint density at radius 2 is 2.06 bits per heavy atom. The smallest absolute Gasteiger partial charge is 0.407 e. The summed E-state index contributed by atoms with van der Waals surface area (Å²) in [5.74, 6) is 0.611. The maximum atomic E-state index is 12.5. The molecule has 1 aliphatic rings. The third-order valence-corrected chi connectivity index (χ3v) is 6.10. The van der Waals surface area contributed by atoms with Crippen molar-refractivity contribution in [1.29, 1.82) is 0 Å². The quantitative estimate of drug-likeness (QED) is 0.420. The number of anilines is 2. The number of rotatable bonds is 7. The summed E-state index contributed by atoms with van der Waals surface area (Å²) in [4.78, 5) is 35.0. The minimum absolute atomic E-state index is 0.102. The first-order valence-electron chi connectivity index (χ1n) is 11.1. The van der Waals surface area contributed by atoms with Gasteiger partial charge in [0.05, 0.1) is 25.1 Å². The molecule has 10 heteroatoms. The fraction of sp³-hybridized carbons (Fsp3) is 0.333. The number of piperidine rings is 1. The van der Waals surface area contributed by atoms with Crippen molar-refractivity contribution < 1.29 is 19.4 Å². The number of nitrogens with one attached hydrogen (secondary N) is 3. The molecule has 2 unspecified atom stereocenters. The highest BCUT2D eigenvalue weighted by atomic mass is 16.5. The SMILES string of the molecule is CNC(=O)C1CNCCC1N(Cc1cccc2ncnc(Nc3cccc(OC)c3)c12)C(=O)O. The summed E-state index contributed by atoms with van der Waals surface area (Å²) >= 11 is 0. The topological polar surface area (TPSA) is 129 Å². The Labute approximate surface area is 197 Å². The molecule has 0 radical (unpaired) electrons. The molecule has 1 fully saturated rings. The summed E-state index contributed by atoms with van der Waals surface area (Å²) in [6, 6.07) is 12.6. The molecular weight excluding hydrogens is 436 g/mol. The van der Waals surface area contributed by atoms with Crippen LogP contribution < -0.4 is 20.7 Å². The number of carboxylic acid groups (broad SMARTS) is 1. The van der Waals surface area contributed by atoms with E-state index < -0.39 is 18.1 Å². The first kappa shape index (κ1) is 23.2. The monoisotopic (exact) mass is 464 g/mol. The van der Waals surface area contributed by atoms with Crippen molar-refractivity contribution in [2.45, 2.75) is 19.0 Å². The van der Waals surface area contributed by atoms with Crippen LogP contribution in [0.4, 0.5) is 16.3 Å². The van der Waals surface area contributed by atoms with Crippen LogP contribution in [-0.2, 0) is 11.3 Å². The van der Waals surface area contributed by atoms with Crippen LogP contribution in [0.1, 0.15) is 12.0 Å². The van der Waals surface area contributed by atoms with Crippen LogP contribution in [0, 0.1) is 5.92 Å². The highest BCUT2D eigenvalue weighted by Crippen LogP contribution is 2.30. The molecule has 2 aromatic carbocycles. The van der Waals surface area contributed by atoms with Crippen molar-refractivity contribution >= 4 is 34.4 Å². The minimum Gasteiger partial charge on any atom is -0.497 e. The average Bonchev–Trinajstić information content (AvgIpc) is 2.87. The maximum absolute atomic E-state index is 12.5. The standard InChI is InChI=1S/C24H28N6O4/c1-25-23(31)18-12-26-10-9-20(18)30(24(32)33)13-15-5-3-8-19-21(15)22(28-14-27-19)29-16-6-4-7-17(11-16)34-2/h3-8,11,14,18,20,26H,9-10,12-13H2,1-2H3,(H,25,31)(H,32,33)(H,27,28,29). The van der Waals surface area contributed by atoms with E-state index in [2.05, 4.69) is 25.9 Å². The normalized spacial score (nSPS) is 17.7. The van der Waals surface area contributed by atoms with Gasteiger partial charge in [0.1, 0.15) is 17.9 Å². The average molecular weight is 465 g/mol. The lowest BCUT2D eigenvalue weighted by molar-refractivity contribution is -0.127. The minimum atomic E-state index is -1.07. The number of aromatic nitrogens is 2. The zero-order chi connectivity index (χ0) is 24.1. The van der Waals surface area contributed by atoms with Gasteiger partial charge >= 0.3 is 6.09 Å². The van der Waals surface area contributed by atoms with Crippen molar-refractivity contribution in [2.24, 2.45) is 5.92 Å².